The number of rotatable bonds is 8. The first-order valence-corrected chi connectivity index (χ1v) is 10.2. The summed E-state index contributed by atoms with van der Waals surface area (Å²) in [6.45, 7) is 2.71. The summed E-state index contributed by atoms with van der Waals surface area (Å²) in [5.41, 5.74) is 6.28. The second kappa shape index (κ2) is 9.32. The highest BCUT2D eigenvalue weighted by molar-refractivity contribution is 5.99. The molecule has 0 atom stereocenters. The van der Waals surface area contributed by atoms with Gasteiger partial charge in [-0.05, 0) is 50.2 Å². The number of piperidine rings is 1. The molecule has 1 amide bonds. The molecule has 0 aliphatic carbocycles. The van der Waals surface area contributed by atoms with Gasteiger partial charge in [-0.1, -0.05) is 0 Å². The van der Waals surface area contributed by atoms with Crippen LogP contribution in [-0.4, -0.2) is 48.1 Å². The molecule has 3 N–H and O–H groups in total. The Bertz CT molecular complexity index is 1080. The van der Waals surface area contributed by atoms with Crippen molar-refractivity contribution in [1.82, 2.24) is 15.1 Å². The molecule has 0 radical (unpaired) electrons. The van der Waals surface area contributed by atoms with Crippen LogP contribution in [0.25, 0.3) is 10.9 Å². The SMILES string of the molecule is Cn1ncc2cc(C(N)=O)cc(Oc3ccc(OCCOC4CCNCC4)cc3F)c21. The molecule has 9 heteroatoms. The Morgan fingerprint density at radius 1 is 1.23 bits per heavy atom. The van der Waals surface area contributed by atoms with Crippen molar-refractivity contribution < 1.29 is 23.4 Å². The van der Waals surface area contributed by atoms with Gasteiger partial charge in [0.2, 0.25) is 5.91 Å². The first kappa shape index (κ1) is 21.1. The molecule has 8 nitrogen and oxygen atoms in total. The summed E-state index contributed by atoms with van der Waals surface area (Å²) in [6, 6.07) is 7.47. The van der Waals surface area contributed by atoms with Crippen LogP contribution in [0, 0.1) is 5.82 Å². The van der Waals surface area contributed by atoms with Gasteiger partial charge in [0, 0.05) is 24.1 Å². The van der Waals surface area contributed by atoms with Crippen LogP contribution in [0.15, 0.2) is 36.5 Å². The Hall–Kier alpha value is -3.17. The van der Waals surface area contributed by atoms with E-state index in [0.29, 0.717) is 29.9 Å². The number of fused-ring (bicyclic) bond motifs is 1. The summed E-state index contributed by atoms with van der Waals surface area (Å²) < 4.78 is 33.4. The standard InChI is InChI=1S/C22H25FN4O4/c1-27-21-15(13-26-27)10-14(22(24)28)11-20(21)31-19-3-2-17(12-18(19)23)30-9-8-29-16-4-6-25-7-5-16/h2-3,10-13,16,25H,4-9H2,1H3,(H2,24,28). The summed E-state index contributed by atoms with van der Waals surface area (Å²) in [4.78, 5) is 11.6. The number of carbonyl (C=O) groups is 1. The number of nitrogens with two attached hydrogens (primary N) is 1. The molecule has 1 aromatic heterocycles. The Labute approximate surface area is 179 Å². The monoisotopic (exact) mass is 428 g/mol. The van der Waals surface area contributed by atoms with Gasteiger partial charge in [0.1, 0.15) is 17.9 Å². The lowest BCUT2D eigenvalue weighted by atomic mass is 10.1. The second-order valence-electron chi connectivity index (χ2n) is 7.41. The average molecular weight is 428 g/mol. The lowest BCUT2D eigenvalue weighted by Crippen LogP contribution is -2.33. The highest BCUT2D eigenvalue weighted by atomic mass is 19.1. The molecule has 31 heavy (non-hydrogen) atoms. The summed E-state index contributed by atoms with van der Waals surface area (Å²) in [5.74, 6) is -0.518. The van der Waals surface area contributed by atoms with Gasteiger partial charge in [0.05, 0.1) is 18.9 Å². The zero-order valence-electron chi connectivity index (χ0n) is 17.3. The maximum absolute atomic E-state index is 14.7. The smallest absolute Gasteiger partial charge is 0.248 e. The predicted octanol–water partition coefficient (Wildman–Crippen LogP) is 2.75. The zero-order chi connectivity index (χ0) is 21.8. The summed E-state index contributed by atoms with van der Waals surface area (Å²) in [7, 11) is 1.73. The minimum Gasteiger partial charge on any atom is -0.491 e. The van der Waals surface area contributed by atoms with E-state index < -0.39 is 11.7 Å². The maximum atomic E-state index is 14.7. The van der Waals surface area contributed by atoms with E-state index in [2.05, 4.69) is 10.4 Å². The van der Waals surface area contributed by atoms with E-state index in [1.54, 1.807) is 30.1 Å². The Morgan fingerprint density at radius 3 is 2.77 bits per heavy atom. The number of hydrogen-bond acceptors (Lipinski definition) is 6. The highest BCUT2D eigenvalue weighted by Gasteiger charge is 2.16. The molecule has 1 fully saturated rings. The van der Waals surface area contributed by atoms with E-state index in [1.165, 1.54) is 18.2 Å². The van der Waals surface area contributed by atoms with Gasteiger partial charge in [-0.25, -0.2) is 4.39 Å². The van der Waals surface area contributed by atoms with Crippen LogP contribution >= 0.6 is 0 Å². The van der Waals surface area contributed by atoms with E-state index in [0.717, 1.165) is 25.9 Å². The Morgan fingerprint density at radius 2 is 2.03 bits per heavy atom. The molecule has 1 saturated heterocycles. The lowest BCUT2D eigenvalue weighted by Gasteiger charge is -2.22. The fourth-order valence-corrected chi connectivity index (χ4v) is 3.61. The molecule has 0 saturated carbocycles. The number of carbonyl (C=O) groups excluding carboxylic acids is 1. The van der Waals surface area contributed by atoms with Crippen LogP contribution in [0.2, 0.25) is 0 Å². The summed E-state index contributed by atoms with van der Waals surface area (Å²) in [6.07, 6.45) is 3.81. The normalized spacial score (nSPS) is 14.6. The number of benzene rings is 2. The molecule has 0 spiro atoms. The van der Waals surface area contributed by atoms with E-state index in [-0.39, 0.29) is 23.2 Å². The number of nitrogens with one attached hydrogen (secondary N) is 1. The van der Waals surface area contributed by atoms with Crippen molar-refractivity contribution in [2.75, 3.05) is 26.3 Å². The number of hydrogen-bond donors (Lipinski definition) is 2. The van der Waals surface area contributed by atoms with Crippen LogP contribution in [0.3, 0.4) is 0 Å². The van der Waals surface area contributed by atoms with Crippen LogP contribution in [0.5, 0.6) is 17.2 Å². The lowest BCUT2D eigenvalue weighted by molar-refractivity contribution is 0.0168. The third kappa shape index (κ3) is 4.95. The van der Waals surface area contributed by atoms with Crippen molar-refractivity contribution in [2.45, 2.75) is 18.9 Å². The Kier molecular flexibility index (Phi) is 6.34. The van der Waals surface area contributed by atoms with Crippen LogP contribution in [0.4, 0.5) is 4.39 Å². The highest BCUT2D eigenvalue weighted by Crippen LogP contribution is 2.33. The Balaban J connectivity index is 1.43. The topological polar surface area (TPSA) is 101 Å². The van der Waals surface area contributed by atoms with E-state index in [9.17, 15) is 9.18 Å². The van der Waals surface area contributed by atoms with Crippen molar-refractivity contribution in [3.63, 3.8) is 0 Å². The molecule has 4 rings (SSSR count). The first-order chi connectivity index (χ1) is 15.0. The molecule has 0 bridgehead atoms. The molecule has 1 aliphatic rings. The number of aromatic nitrogens is 2. The molecule has 0 unspecified atom stereocenters. The second-order valence-corrected chi connectivity index (χ2v) is 7.41. The number of amides is 1. The fraction of sp³-hybridized carbons (Fsp3) is 0.364. The van der Waals surface area contributed by atoms with E-state index >= 15 is 0 Å². The van der Waals surface area contributed by atoms with E-state index in [4.69, 9.17) is 19.9 Å². The van der Waals surface area contributed by atoms with Crippen molar-refractivity contribution in [2.24, 2.45) is 12.8 Å². The summed E-state index contributed by atoms with van der Waals surface area (Å²) >= 11 is 0. The van der Waals surface area contributed by atoms with Gasteiger partial charge in [0.25, 0.3) is 0 Å². The largest absolute Gasteiger partial charge is 0.491 e. The number of primary amides is 1. The van der Waals surface area contributed by atoms with Crippen molar-refractivity contribution in [3.05, 3.63) is 47.9 Å². The third-order valence-electron chi connectivity index (χ3n) is 5.20. The van der Waals surface area contributed by atoms with Crippen molar-refractivity contribution in [3.8, 4) is 17.2 Å². The van der Waals surface area contributed by atoms with E-state index in [1.807, 2.05) is 0 Å². The van der Waals surface area contributed by atoms with Crippen LogP contribution in [-0.2, 0) is 11.8 Å². The number of ether oxygens (including phenoxy) is 3. The minimum atomic E-state index is -0.605. The van der Waals surface area contributed by atoms with Crippen LogP contribution < -0.4 is 20.5 Å². The van der Waals surface area contributed by atoms with Gasteiger partial charge in [0.15, 0.2) is 17.3 Å². The van der Waals surface area contributed by atoms with Gasteiger partial charge in [-0.2, -0.15) is 5.10 Å². The molecular formula is C22H25FN4O4. The molecule has 2 aromatic carbocycles. The predicted molar refractivity (Wildman–Crippen MR) is 113 cm³/mol. The summed E-state index contributed by atoms with van der Waals surface area (Å²) in [5, 5.41) is 8.12. The minimum absolute atomic E-state index is 0.00225. The number of aryl methyl sites for hydroxylation is 1. The molecule has 2 heterocycles. The first-order valence-electron chi connectivity index (χ1n) is 10.2. The zero-order valence-corrected chi connectivity index (χ0v) is 17.3. The number of nitrogens with zero attached hydrogens (tertiary/aromatic N) is 2. The van der Waals surface area contributed by atoms with Crippen molar-refractivity contribution in [1.29, 1.82) is 0 Å². The third-order valence-corrected chi connectivity index (χ3v) is 5.20. The van der Waals surface area contributed by atoms with Gasteiger partial charge in [-0.15, -0.1) is 0 Å². The van der Waals surface area contributed by atoms with Crippen molar-refractivity contribution >= 4 is 16.8 Å². The average Bonchev–Trinajstić information content (AvgIpc) is 3.15. The molecule has 3 aromatic rings. The quantitative estimate of drug-likeness (QED) is 0.535. The van der Waals surface area contributed by atoms with Gasteiger partial charge in [-0.3, -0.25) is 9.48 Å². The van der Waals surface area contributed by atoms with Gasteiger partial charge >= 0.3 is 0 Å². The van der Waals surface area contributed by atoms with Gasteiger partial charge < -0.3 is 25.3 Å². The van der Waals surface area contributed by atoms with Crippen LogP contribution in [0.1, 0.15) is 23.2 Å². The molecule has 1 aliphatic heterocycles. The molecule has 164 valence electrons. The number of halogens is 1. The molecular weight excluding hydrogens is 403 g/mol. The fourth-order valence-electron chi connectivity index (χ4n) is 3.61. The maximum Gasteiger partial charge on any atom is 0.248 e.